The second kappa shape index (κ2) is 10.6. The molecule has 0 radical (unpaired) electrons. The lowest BCUT2D eigenvalue weighted by Gasteiger charge is -2.39. The number of likely N-dealkylation sites (tertiary alicyclic amines) is 1. The molecule has 1 saturated heterocycles. The second-order valence-corrected chi connectivity index (χ2v) is 10.4. The van der Waals surface area contributed by atoms with Crippen LogP contribution in [0.2, 0.25) is 5.02 Å². The summed E-state index contributed by atoms with van der Waals surface area (Å²) >= 11 is 6.24. The van der Waals surface area contributed by atoms with Crippen molar-refractivity contribution in [2.45, 2.75) is 69.6 Å². The molecule has 2 aliphatic rings. The highest BCUT2D eigenvalue weighted by Crippen LogP contribution is 2.30. The summed E-state index contributed by atoms with van der Waals surface area (Å²) in [5.74, 6) is 1.41. The molecule has 0 spiro atoms. The lowest BCUT2D eigenvalue weighted by molar-refractivity contribution is -0.0621. The summed E-state index contributed by atoms with van der Waals surface area (Å²) in [6.07, 6.45) is 6.62. The summed E-state index contributed by atoms with van der Waals surface area (Å²) in [6.45, 7) is 4.84. The van der Waals surface area contributed by atoms with E-state index in [2.05, 4.69) is 17.0 Å². The van der Waals surface area contributed by atoms with Crippen molar-refractivity contribution in [2.24, 2.45) is 0 Å². The number of nitrogens with zero attached hydrogens (tertiary/aromatic N) is 1. The number of aliphatic hydroxyl groups is 2. The van der Waals surface area contributed by atoms with Crippen LogP contribution < -0.4 is 9.47 Å². The molecule has 180 valence electrons. The molecule has 2 N–H and O–H groups in total. The van der Waals surface area contributed by atoms with Gasteiger partial charge in [-0.05, 0) is 74.5 Å². The Hall–Kier alpha value is -1.79. The van der Waals surface area contributed by atoms with Crippen molar-refractivity contribution >= 4 is 11.6 Å². The molecule has 2 fully saturated rings. The van der Waals surface area contributed by atoms with Crippen LogP contribution in [0.1, 0.15) is 56.1 Å². The Balaban J connectivity index is 1.28. The molecule has 1 aliphatic carbocycles. The van der Waals surface area contributed by atoms with Gasteiger partial charge in [0, 0.05) is 13.1 Å². The zero-order valence-electron chi connectivity index (χ0n) is 19.6. The summed E-state index contributed by atoms with van der Waals surface area (Å²) in [4.78, 5) is 2.27. The molecular formula is C27H36ClNO4. The van der Waals surface area contributed by atoms with Crippen LogP contribution in [0.15, 0.2) is 42.5 Å². The second-order valence-electron chi connectivity index (χ2n) is 9.98. The Bertz CT molecular complexity index is 913. The van der Waals surface area contributed by atoms with Crippen molar-refractivity contribution in [3.05, 3.63) is 58.6 Å². The number of aryl methyl sites for hydroxylation is 1. The van der Waals surface area contributed by atoms with Crippen molar-refractivity contribution in [3.63, 3.8) is 0 Å². The fraction of sp³-hybridized carbons (Fsp3) is 0.556. The Morgan fingerprint density at radius 2 is 1.58 bits per heavy atom. The summed E-state index contributed by atoms with van der Waals surface area (Å²) in [6, 6.07) is 13.8. The lowest BCUT2D eigenvalue weighted by atomic mass is 9.85. The van der Waals surface area contributed by atoms with Crippen molar-refractivity contribution < 1.29 is 19.7 Å². The minimum Gasteiger partial charge on any atom is -0.491 e. The standard InChI is InChI=1S/C27H36ClNO4/c1-21-6-11-24(28)25(16-21)33-20-27(31)14-5-15-29(18-27)17-22-7-9-23(10-8-22)32-19-26(30)12-3-2-4-13-26/h6-11,16,30-31H,2-5,12-15,17-20H2,1H3/t27-/m1/s1. The molecule has 1 aliphatic heterocycles. The number of rotatable bonds is 8. The Labute approximate surface area is 202 Å². The van der Waals surface area contributed by atoms with E-state index in [0.717, 1.165) is 56.5 Å². The van der Waals surface area contributed by atoms with Crippen LogP contribution in [-0.2, 0) is 6.54 Å². The highest BCUT2D eigenvalue weighted by Gasteiger charge is 2.34. The number of hydrogen-bond donors (Lipinski definition) is 2. The van der Waals surface area contributed by atoms with E-state index in [9.17, 15) is 10.2 Å². The van der Waals surface area contributed by atoms with Crippen LogP contribution >= 0.6 is 11.6 Å². The van der Waals surface area contributed by atoms with Crippen LogP contribution in [0, 0.1) is 6.92 Å². The van der Waals surface area contributed by atoms with Crippen LogP contribution in [0.4, 0.5) is 0 Å². The van der Waals surface area contributed by atoms with E-state index in [1.165, 1.54) is 12.0 Å². The van der Waals surface area contributed by atoms with Gasteiger partial charge < -0.3 is 19.7 Å². The molecule has 1 heterocycles. The maximum atomic E-state index is 11.1. The third-order valence-electron chi connectivity index (χ3n) is 6.84. The van der Waals surface area contributed by atoms with Gasteiger partial charge in [-0.3, -0.25) is 4.90 Å². The predicted molar refractivity (Wildman–Crippen MR) is 131 cm³/mol. The van der Waals surface area contributed by atoms with E-state index >= 15 is 0 Å². The van der Waals surface area contributed by atoms with Crippen LogP contribution in [-0.4, -0.2) is 52.6 Å². The van der Waals surface area contributed by atoms with E-state index in [0.29, 0.717) is 30.3 Å². The Morgan fingerprint density at radius 1 is 0.879 bits per heavy atom. The highest BCUT2D eigenvalue weighted by atomic mass is 35.5. The summed E-state index contributed by atoms with van der Waals surface area (Å²) in [5, 5.41) is 22.3. The Morgan fingerprint density at radius 3 is 2.33 bits per heavy atom. The summed E-state index contributed by atoms with van der Waals surface area (Å²) in [7, 11) is 0. The van der Waals surface area contributed by atoms with Crippen molar-refractivity contribution in [1.82, 2.24) is 4.90 Å². The van der Waals surface area contributed by atoms with E-state index in [-0.39, 0.29) is 6.61 Å². The van der Waals surface area contributed by atoms with E-state index in [4.69, 9.17) is 21.1 Å². The number of halogens is 1. The minimum atomic E-state index is -0.899. The highest BCUT2D eigenvalue weighted by molar-refractivity contribution is 6.32. The number of hydrogen-bond acceptors (Lipinski definition) is 5. The molecule has 0 bridgehead atoms. The minimum absolute atomic E-state index is 0.225. The first kappa shape index (κ1) is 24.3. The molecule has 4 rings (SSSR count). The zero-order chi connectivity index (χ0) is 23.3. The van der Waals surface area contributed by atoms with Crippen LogP contribution in [0.3, 0.4) is 0 Å². The first-order valence-corrected chi connectivity index (χ1v) is 12.5. The normalized spacial score (nSPS) is 23.3. The van der Waals surface area contributed by atoms with Gasteiger partial charge in [-0.15, -0.1) is 0 Å². The fourth-order valence-corrected chi connectivity index (χ4v) is 5.09. The number of β-amino-alcohol motifs (C(OH)–C–C–N with tert-alkyl or cyclic N) is 1. The number of ether oxygens (including phenoxy) is 2. The molecular weight excluding hydrogens is 438 g/mol. The number of piperidine rings is 1. The largest absolute Gasteiger partial charge is 0.491 e. The van der Waals surface area contributed by atoms with Gasteiger partial charge >= 0.3 is 0 Å². The molecule has 1 saturated carbocycles. The van der Waals surface area contributed by atoms with Gasteiger partial charge in [0.15, 0.2) is 0 Å². The molecule has 2 aromatic carbocycles. The molecule has 0 unspecified atom stereocenters. The SMILES string of the molecule is Cc1ccc(Cl)c(OC[C@@]2(O)CCCN(Cc3ccc(OCC4(O)CCCCC4)cc3)C2)c1. The van der Waals surface area contributed by atoms with Crippen LogP contribution in [0.25, 0.3) is 0 Å². The summed E-state index contributed by atoms with van der Waals surface area (Å²) in [5.41, 5.74) is 0.668. The van der Waals surface area contributed by atoms with E-state index < -0.39 is 11.2 Å². The maximum absolute atomic E-state index is 11.1. The van der Waals surface area contributed by atoms with E-state index in [1.54, 1.807) is 0 Å². The quantitative estimate of drug-likeness (QED) is 0.556. The van der Waals surface area contributed by atoms with Crippen molar-refractivity contribution in [2.75, 3.05) is 26.3 Å². The average Bonchev–Trinajstić information content (AvgIpc) is 2.80. The zero-order valence-corrected chi connectivity index (χ0v) is 20.3. The van der Waals surface area contributed by atoms with Crippen molar-refractivity contribution in [1.29, 1.82) is 0 Å². The van der Waals surface area contributed by atoms with Gasteiger partial charge in [0.2, 0.25) is 0 Å². The molecule has 6 heteroatoms. The fourth-order valence-electron chi connectivity index (χ4n) is 4.91. The predicted octanol–water partition coefficient (Wildman–Crippen LogP) is 5.13. The third kappa shape index (κ3) is 6.86. The van der Waals surface area contributed by atoms with Gasteiger partial charge in [-0.1, -0.05) is 49.1 Å². The first-order chi connectivity index (χ1) is 15.8. The van der Waals surface area contributed by atoms with Gasteiger partial charge in [0.25, 0.3) is 0 Å². The third-order valence-corrected chi connectivity index (χ3v) is 7.15. The van der Waals surface area contributed by atoms with Gasteiger partial charge in [-0.2, -0.15) is 0 Å². The first-order valence-electron chi connectivity index (χ1n) is 12.1. The molecule has 0 aromatic heterocycles. The Kier molecular flexibility index (Phi) is 7.85. The van der Waals surface area contributed by atoms with Gasteiger partial charge in [-0.25, -0.2) is 0 Å². The lowest BCUT2D eigenvalue weighted by Crippen LogP contribution is -2.51. The van der Waals surface area contributed by atoms with E-state index in [1.807, 2.05) is 37.3 Å². The molecule has 33 heavy (non-hydrogen) atoms. The van der Waals surface area contributed by atoms with Crippen LogP contribution in [0.5, 0.6) is 11.5 Å². The maximum Gasteiger partial charge on any atom is 0.138 e. The molecule has 0 amide bonds. The van der Waals surface area contributed by atoms with Gasteiger partial charge in [0.05, 0.1) is 10.6 Å². The average molecular weight is 474 g/mol. The number of benzene rings is 2. The molecule has 5 nitrogen and oxygen atoms in total. The van der Waals surface area contributed by atoms with Gasteiger partial charge in [0.1, 0.15) is 30.3 Å². The molecule has 1 atom stereocenters. The molecule has 2 aromatic rings. The topological polar surface area (TPSA) is 62.2 Å². The summed E-state index contributed by atoms with van der Waals surface area (Å²) < 4.78 is 11.8. The smallest absolute Gasteiger partial charge is 0.138 e. The monoisotopic (exact) mass is 473 g/mol. The van der Waals surface area contributed by atoms with Crippen molar-refractivity contribution in [3.8, 4) is 11.5 Å².